The smallest absolute Gasteiger partial charge is 0.264 e. The minimum absolute atomic E-state index is 0.150. The van der Waals surface area contributed by atoms with Gasteiger partial charge in [-0.1, -0.05) is 6.92 Å². The average molecular weight is 567 g/mol. The van der Waals surface area contributed by atoms with Crippen LogP contribution in [0.25, 0.3) is 10.8 Å². The first kappa shape index (κ1) is 26.0. The Labute approximate surface area is 244 Å². The van der Waals surface area contributed by atoms with Crippen molar-refractivity contribution < 1.29 is 13.9 Å². The molecule has 1 saturated heterocycles. The highest BCUT2D eigenvalue weighted by Crippen LogP contribution is 2.54. The number of carbonyl (C=O) groups excluding carboxylic acids is 1. The van der Waals surface area contributed by atoms with Crippen molar-refractivity contribution in [3.8, 4) is 0 Å². The van der Waals surface area contributed by atoms with E-state index in [2.05, 4.69) is 41.1 Å². The summed E-state index contributed by atoms with van der Waals surface area (Å²) in [6.07, 6.45) is 6.03. The van der Waals surface area contributed by atoms with Crippen LogP contribution in [0, 0.1) is 11.7 Å². The van der Waals surface area contributed by atoms with Gasteiger partial charge < -0.3 is 9.30 Å². The van der Waals surface area contributed by atoms with Crippen LogP contribution >= 0.6 is 0 Å². The Hall–Kier alpha value is -3.69. The molecule has 0 unspecified atom stereocenters. The van der Waals surface area contributed by atoms with Gasteiger partial charge in [0.1, 0.15) is 23.8 Å². The van der Waals surface area contributed by atoms with Gasteiger partial charge in [-0.15, -0.1) is 10.2 Å². The lowest BCUT2D eigenvalue weighted by Gasteiger charge is -2.46. The molecule has 1 amide bonds. The zero-order valence-corrected chi connectivity index (χ0v) is 24.3. The molecular formula is C33H35FN6O2. The van der Waals surface area contributed by atoms with Crippen molar-refractivity contribution in [1.82, 2.24) is 24.6 Å². The number of hydrogen-bond acceptors (Lipinski definition) is 6. The molecule has 4 aliphatic rings. The molecule has 3 fully saturated rings. The fourth-order valence-corrected chi connectivity index (χ4v) is 7.60. The van der Waals surface area contributed by atoms with Gasteiger partial charge in [0, 0.05) is 49.1 Å². The topological polar surface area (TPSA) is 76.4 Å². The number of ether oxygens (including phenoxy) is 1. The summed E-state index contributed by atoms with van der Waals surface area (Å²) in [5.41, 5.74) is 4.05. The van der Waals surface area contributed by atoms with E-state index in [1.54, 1.807) is 17.3 Å². The van der Waals surface area contributed by atoms with Crippen molar-refractivity contribution in [2.75, 3.05) is 24.6 Å². The molecule has 1 atom stereocenters. The van der Waals surface area contributed by atoms with Gasteiger partial charge in [0.15, 0.2) is 0 Å². The Morgan fingerprint density at radius 2 is 1.95 bits per heavy atom. The Morgan fingerprint density at radius 3 is 2.67 bits per heavy atom. The molecule has 8 rings (SSSR count). The van der Waals surface area contributed by atoms with Gasteiger partial charge in [-0.05, 0) is 86.1 Å². The molecule has 216 valence electrons. The van der Waals surface area contributed by atoms with E-state index in [1.165, 1.54) is 6.07 Å². The Kier molecular flexibility index (Phi) is 5.82. The predicted octanol–water partition coefficient (Wildman–Crippen LogP) is 5.61. The quantitative estimate of drug-likeness (QED) is 0.302. The number of rotatable bonds is 6. The standard InChI is InChI=1S/C33H35FN6O2/c1-19-14-33(15-19,32-37-35-18-38(32)3)23-12-27(22-4-5-22)36-29(13-23)40-28-7-6-26(34)24-10-21(11-25(30(24)28)31(40)41)17-39-8-9-42-20(2)16-39/h6-7,10-13,18-20,22H,4-5,8-9,14-17H2,1-3H3/t19?,20-,33?/m1/s1. The number of carbonyl (C=O) groups is 1. The molecular weight excluding hydrogens is 531 g/mol. The summed E-state index contributed by atoms with van der Waals surface area (Å²) in [5.74, 6) is 2.04. The van der Waals surface area contributed by atoms with E-state index in [0.717, 1.165) is 61.4 Å². The molecule has 0 N–H and O–H groups in total. The summed E-state index contributed by atoms with van der Waals surface area (Å²) >= 11 is 0. The van der Waals surface area contributed by atoms with E-state index in [1.807, 2.05) is 23.7 Å². The van der Waals surface area contributed by atoms with Crippen LogP contribution in [0.15, 0.2) is 42.7 Å². The predicted molar refractivity (Wildman–Crippen MR) is 157 cm³/mol. The number of aryl methyl sites for hydroxylation is 1. The van der Waals surface area contributed by atoms with Crippen molar-refractivity contribution >= 4 is 28.2 Å². The largest absolute Gasteiger partial charge is 0.376 e. The third-order valence-electron chi connectivity index (χ3n) is 9.65. The van der Waals surface area contributed by atoms with Crippen molar-refractivity contribution in [2.24, 2.45) is 13.0 Å². The van der Waals surface area contributed by atoms with Crippen molar-refractivity contribution in [2.45, 2.75) is 63.5 Å². The van der Waals surface area contributed by atoms with E-state index >= 15 is 4.39 Å². The second kappa shape index (κ2) is 9.41. The summed E-state index contributed by atoms with van der Waals surface area (Å²) in [6.45, 7) is 7.27. The van der Waals surface area contributed by atoms with Crippen LogP contribution in [-0.2, 0) is 23.7 Å². The van der Waals surface area contributed by atoms with Gasteiger partial charge >= 0.3 is 0 Å². The minimum atomic E-state index is -0.313. The number of nitrogens with zero attached hydrogens (tertiary/aromatic N) is 6. The van der Waals surface area contributed by atoms with Crippen molar-refractivity contribution in [3.05, 3.63) is 76.8 Å². The number of benzene rings is 2. The van der Waals surface area contributed by atoms with E-state index in [0.29, 0.717) is 52.8 Å². The van der Waals surface area contributed by atoms with Crippen LogP contribution in [-0.4, -0.2) is 56.4 Å². The first-order chi connectivity index (χ1) is 20.3. The molecule has 0 bridgehead atoms. The van der Waals surface area contributed by atoms with Crippen LogP contribution < -0.4 is 4.90 Å². The van der Waals surface area contributed by atoms with Gasteiger partial charge in [-0.25, -0.2) is 9.37 Å². The average Bonchev–Trinajstić information content (AvgIpc) is 3.66. The third kappa shape index (κ3) is 4.01. The summed E-state index contributed by atoms with van der Waals surface area (Å²) in [6, 6.07) is 11.4. The number of amides is 1. The molecule has 2 aromatic heterocycles. The Morgan fingerprint density at radius 1 is 1.12 bits per heavy atom. The Balaban J connectivity index is 1.24. The zero-order valence-electron chi connectivity index (χ0n) is 24.3. The molecule has 4 aromatic rings. The highest BCUT2D eigenvalue weighted by atomic mass is 19.1. The lowest BCUT2D eigenvalue weighted by molar-refractivity contribution is -0.0212. The van der Waals surface area contributed by atoms with Gasteiger partial charge in [0.25, 0.3) is 5.91 Å². The minimum Gasteiger partial charge on any atom is -0.376 e. The fraction of sp³-hybridized carbons (Fsp3) is 0.455. The van der Waals surface area contributed by atoms with E-state index in [-0.39, 0.29) is 23.2 Å². The molecule has 9 heteroatoms. The number of morpholine rings is 1. The van der Waals surface area contributed by atoms with Gasteiger partial charge in [0.2, 0.25) is 0 Å². The molecule has 8 nitrogen and oxygen atoms in total. The fourth-order valence-electron chi connectivity index (χ4n) is 7.60. The molecule has 2 aliphatic heterocycles. The molecule has 0 radical (unpaired) electrons. The normalized spacial score (nSPS) is 25.8. The number of hydrogen-bond donors (Lipinski definition) is 0. The molecule has 0 spiro atoms. The van der Waals surface area contributed by atoms with Gasteiger partial charge in [-0.3, -0.25) is 14.6 Å². The summed E-state index contributed by atoms with van der Waals surface area (Å²) in [4.78, 5) is 23.4. The van der Waals surface area contributed by atoms with Crippen molar-refractivity contribution in [3.63, 3.8) is 0 Å². The molecule has 4 heterocycles. The molecule has 2 aromatic carbocycles. The van der Waals surface area contributed by atoms with Crippen molar-refractivity contribution in [1.29, 1.82) is 0 Å². The molecule has 2 saturated carbocycles. The third-order valence-corrected chi connectivity index (χ3v) is 9.65. The highest BCUT2D eigenvalue weighted by molar-refractivity contribution is 6.27. The number of pyridine rings is 1. The SMILES string of the molecule is CC1CC(c2cc(C3CC3)nc(N3C(=O)c4cc(CN5CCO[C@H](C)C5)cc5c(F)ccc3c45)c2)(c2nncn2C)C1. The maximum absolute atomic E-state index is 15.3. The van der Waals surface area contributed by atoms with Crippen LogP contribution in [0.4, 0.5) is 15.9 Å². The zero-order chi connectivity index (χ0) is 28.7. The van der Waals surface area contributed by atoms with Gasteiger partial charge in [-0.2, -0.15) is 0 Å². The van der Waals surface area contributed by atoms with Crippen LogP contribution in [0.5, 0.6) is 0 Å². The van der Waals surface area contributed by atoms with E-state index < -0.39 is 0 Å². The second-order valence-corrected chi connectivity index (χ2v) is 13.0. The monoisotopic (exact) mass is 566 g/mol. The molecule has 2 aliphatic carbocycles. The number of halogens is 1. The summed E-state index contributed by atoms with van der Waals surface area (Å²) in [7, 11) is 2.00. The maximum atomic E-state index is 15.3. The number of anilines is 2. The number of aromatic nitrogens is 4. The first-order valence-corrected chi connectivity index (χ1v) is 15.1. The van der Waals surface area contributed by atoms with Crippen LogP contribution in [0.2, 0.25) is 0 Å². The maximum Gasteiger partial charge on any atom is 0.264 e. The van der Waals surface area contributed by atoms with E-state index in [4.69, 9.17) is 9.72 Å². The summed E-state index contributed by atoms with van der Waals surface area (Å²) < 4.78 is 23.1. The highest BCUT2D eigenvalue weighted by Gasteiger charge is 2.49. The van der Waals surface area contributed by atoms with Crippen LogP contribution in [0.3, 0.4) is 0 Å². The Bertz CT molecular complexity index is 1740. The second-order valence-electron chi connectivity index (χ2n) is 13.0. The molecule has 42 heavy (non-hydrogen) atoms. The lowest BCUT2D eigenvalue weighted by Crippen LogP contribution is -2.43. The van der Waals surface area contributed by atoms with Gasteiger partial charge in [0.05, 0.1) is 29.4 Å². The lowest BCUT2D eigenvalue weighted by atomic mass is 9.58. The van der Waals surface area contributed by atoms with E-state index in [9.17, 15) is 4.79 Å². The summed E-state index contributed by atoms with van der Waals surface area (Å²) in [5, 5.41) is 9.90. The van der Waals surface area contributed by atoms with Crippen LogP contribution in [0.1, 0.15) is 78.5 Å². The first-order valence-electron chi connectivity index (χ1n) is 15.1.